The molecule has 70 valence electrons. The molecule has 0 aliphatic rings. The number of hydrogen-bond donors (Lipinski definition) is 0. The fraction of sp³-hybridized carbons (Fsp3) is 0. The molecule has 0 saturated heterocycles. The van der Waals surface area contributed by atoms with E-state index < -0.39 is 0 Å². The van der Waals surface area contributed by atoms with Gasteiger partial charge in [-0.1, -0.05) is 30.3 Å². The Balaban J connectivity index is 2.54. The molecular weight excluding hydrogens is 182 g/mol. The van der Waals surface area contributed by atoms with Crippen LogP contribution < -0.4 is 0 Å². The van der Waals surface area contributed by atoms with Crippen LogP contribution in [0.2, 0.25) is 0 Å². The molecule has 1 heteroatoms. The van der Waals surface area contributed by atoms with Crippen LogP contribution in [0.15, 0.2) is 54.6 Å². The Morgan fingerprint density at radius 2 is 1.13 bits per heavy atom. The highest BCUT2D eigenvalue weighted by Crippen LogP contribution is 2.27. The van der Waals surface area contributed by atoms with Gasteiger partial charge in [-0.2, -0.15) is 0 Å². The minimum absolute atomic E-state index is 1.26. The molecule has 1 nitrogen and oxygen atoms in total. The topological polar surface area (TPSA) is 4.41 Å². The Morgan fingerprint density at radius 3 is 1.73 bits per heavy atom. The Kier molecular flexibility index (Phi) is 1.13. The highest BCUT2D eigenvalue weighted by Gasteiger charge is 2.05. The largest absolute Gasteiger partial charge is 0.309 e. The van der Waals surface area contributed by atoms with Crippen molar-refractivity contribution in [3.63, 3.8) is 0 Å². The van der Waals surface area contributed by atoms with E-state index in [0.717, 1.165) is 0 Å². The molecule has 0 N–H and O–H groups in total. The van der Waals surface area contributed by atoms with E-state index in [0.29, 0.717) is 0 Å². The molecule has 0 atom stereocenters. The molecule has 3 aromatic heterocycles. The van der Waals surface area contributed by atoms with Gasteiger partial charge in [-0.3, -0.25) is 0 Å². The van der Waals surface area contributed by atoms with E-state index in [-0.39, 0.29) is 0 Å². The van der Waals surface area contributed by atoms with E-state index in [4.69, 9.17) is 0 Å². The van der Waals surface area contributed by atoms with E-state index in [2.05, 4.69) is 59.0 Å². The minimum Gasteiger partial charge on any atom is -0.309 e. The van der Waals surface area contributed by atoms with Gasteiger partial charge in [0.15, 0.2) is 0 Å². The van der Waals surface area contributed by atoms with Crippen molar-refractivity contribution in [2.45, 2.75) is 0 Å². The smallest absolute Gasteiger partial charge is 0.0606 e. The monoisotopic (exact) mass is 191 g/mol. The van der Waals surface area contributed by atoms with Crippen molar-refractivity contribution in [2.75, 3.05) is 0 Å². The molecule has 0 saturated carbocycles. The maximum atomic E-state index is 2.32. The lowest BCUT2D eigenvalue weighted by Gasteiger charge is -2.08. The first-order valence-corrected chi connectivity index (χ1v) is 5.15. The zero-order valence-corrected chi connectivity index (χ0v) is 8.14. The van der Waals surface area contributed by atoms with Crippen LogP contribution in [0, 0.1) is 0 Å². The van der Waals surface area contributed by atoms with Gasteiger partial charge >= 0.3 is 0 Å². The quantitative estimate of drug-likeness (QED) is 0.399. The molecule has 0 bridgehead atoms. The summed E-state index contributed by atoms with van der Waals surface area (Å²) in [5.41, 5.74) is 3.86. The number of pyridine rings is 3. The van der Waals surface area contributed by atoms with Gasteiger partial charge in [-0.05, 0) is 35.0 Å². The molecular formula is C14H9N. The van der Waals surface area contributed by atoms with E-state index in [1.807, 2.05) is 0 Å². The molecule has 0 spiro atoms. The summed E-state index contributed by atoms with van der Waals surface area (Å²) < 4.78 is 2.32. The van der Waals surface area contributed by atoms with Crippen molar-refractivity contribution in [1.29, 1.82) is 0 Å². The molecule has 1 aromatic carbocycles. The summed E-state index contributed by atoms with van der Waals surface area (Å²) in [5.74, 6) is 0. The van der Waals surface area contributed by atoms with Crippen LogP contribution in [0.1, 0.15) is 0 Å². The number of rotatable bonds is 0. The lowest BCUT2D eigenvalue weighted by atomic mass is 10.2. The molecule has 15 heavy (non-hydrogen) atoms. The predicted molar refractivity (Wildman–Crippen MR) is 63.6 cm³/mol. The second-order valence-electron chi connectivity index (χ2n) is 3.97. The Hall–Kier alpha value is -2.02. The van der Waals surface area contributed by atoms with Gasteiger partial charge in [-0.25, -0.2) is 0 Å². The average Bonchev–Trinajstić information content (AvgIpc) is 2.71. The summed E-state index contributed by atoms with van der Waals surface area (Å²) in [6.45, 7) is 0. The first-order chi connectivity index (χ1) is 7.43. The highest BCUT2D eigenvalue weighted by molar-refractivity contribution is 6.01. The van der Waals surface area contributed by atoms with E-state index in [9.17, 15) is 0 Å². The number of hydrogen-bond acceptors (Lipinski definition) is 0. The van der Waals surface area contributed by atoms with Crippen LogP contribution in [0.5, 0.6) is 0 Å². The number of nitrogens with zero attached hydrogens (tertiary/aromatic N) is 1. The molecule has 0 aliphatic carbocycles. The van der Waals surface area contributed by atoms with Crippen LogP contribution in [0.3, 0.4) is 0 Å². The summed E-state index contributed by atoms with van der Waals surface area (Å²) in [4.78, 5) is 0. The van der Waals surface area contributed by atoms with Crippen LogP contribution in [0.25, 0.3) is 27.3 Å². The van der Waals surface area contributed by atoms with Crippen molar-refractivity contribution >= 4 is 27.3 Å². The van der Waals surface area contributed by atoms with Crippen LogP contribution in [-0.4, -0.2) is 4.40 Å². The van der Waals surface area contributed by atoms with Crippen LogP contribution >= 0.6 is 0 Å². The fourth-order valence-electron chi connectivity index (χ4n) is 2.44. The second-order valence-corrected chi connectivity index (χ2v) is 3.97. The number of aromatic nitrogens is 1. The first kappa shape index (κ1) is 7.30. The van der Waals surface area contributed by atoms with Crippen molar-refractivity contribution in [3.05, 3.63) is 54.6 Å². The SMILES string of the molecule is c1cc2ccc3ccc4ccc(c1)n2c34. The zero-order chi connectivity index (χ0) is 9.83. The Labute approximate surface area is 86.9 Å². The molecule has 3 heterocycles. The van der Waals surface area contributed by atoms with Crippen LogP contribution in [0.4, 0.5) is 0 Å². The van der Waals surface area contributed by atoms with Crippen molar-refractivity contribution in [2.24, 2.45) is 0 Å². The van der Waals surface area contributed by atoms with E-state index in [1.165, 1.54) is 27.3 Å². The minimum atomic E-state index is 1.26. The lowest BCUT2D eigenvalue weighted by Crippen LogP contribution is -1.91. The van der Waals surface area contributed by atoms with Gasteiger partial charge in [0.05, 0.1) is 5.52 Å². The van der Waals surface area contributed by atoms with Gasteiger partial charge in [0, 0.05) is 11.0 Å². The van der Waals surface area contributed by atoms with Crippen molar-refractivity contribution in [1.82, 2.24) is 4.40 Å². The Bertz CT molecular complexity index is 704. The van der Waals surface area contributed by atoms with Gasteiger partial charge in [0.1, 0.15) is 0 Å². The Morgan fingerprint density at radius 1 is 0.600 bits per heavy atom. The fourth-order valence-corrected chi connectivity index (χ4v) is 2.44. The third-order valence-corrected chi connectivity index (χ3v) is 3.13. The molecule has 0 unspecified atom stereocenters. The standard InChI is InChI=1S/C14H9N/c1-2-12-8-6-10-4-5-11-7-9-13(3-1)15(12)14(10)11/h1-9H. The molecule has 0 aliphatic heterocycles. The molecule has 4 rings (SSSR count). The maximum absolute atomic E-state index is 2.32. The van der Waals surface area contributed by atoms with Crippen LogP contribution in [-0.2, 0) is 0 Å². The summed E-state index contributed by atoms with van der Waals surface area (Å²) in [6.07, 6.45) is 0. The third kappa shape index (κ3) is 0.785. The van der Waals surface area contributed by atoms with E-state index >= 15 is 0 Å². The highest BCUT2D eigenvalue weighted by atomic mass is 14.9. The second kappa shape index (κ2) is 2.31. The summed E-state index contributed by atoms with van der Waals surface area (Å²) in [6, 6.07) is 19.5. The summed E-state index contributed by atoms with van der Waals surface area (Å²) in [7, 11) is 0. The lowest BCUT2D eigenvalue weighted by molar-refractivity contribution is 1.30. The maximum Gasteiger partial charge on any atom is 0.0606 e. The summed E-state index contributed by atoms with van der Waals surface area (Å²) >= 11 is 0. The third-order valence-electron chi connectivity index (χ3n) is 3.13. The van der Waals surface area contributed by atoms with E-state index in [1.54, 1.807) is 0 Å². The van der Waals surface area contributed by atoms with Crippen molar-refractivity contribution < 1.29 is 0 Å². The van der Waals surface area contributed by atoms with Gasteiger partial charge in [0.2, 0.25) is 0 Å². The summed E-state index contributed by atoms with van der Waals surface area (Å²) in [5, 5.41) is 2.64. The predicted octanol–water partition coefficient (Wildman–Crippen LogP) is 3.68. The average molecular weight is 191 g/mol. The normalized spacial score (nSPS) is 12.0. The van der Waals surface area contributed by atoms with Gasteiger partial charge in [-0.15, -0.1) is 0 Å². The van der Waals surface area contributed by atoms with Gasteiger partial charge < -0.3 is 4.40 Å². The van der Waals surface area contributed by atoms with Crippen molar-refractivity contribution in [3.8, 4) is 0 Å². The molecule has 4 aromatic rings. The molecule has 0 fully saturated rings. The molecule has 0 radical (unpaired) electrons. The zero-order valence-electron chi connectivity index (χ0n) is 8.14. The molecule has 0 amide bonds. The van der Waals surface area contributed by atoms with Gasteiger partial charge in [0.25, 0.3) is 0 Å². The first-order valence-electron chi connectivity index (χ1n) is 5.15.